The fraction of sp³-hybridized carbons (Fsp3) is 0.286. The zero-order valence-corrected chi connectivity index (χ0v) is 11.8. The van der Waals surface area contributed by atoms with Crippen LogP contribution >= 0.6 is 11.3 Å². The van der Waals surface area contributed by atoms with Crippen LogP contribution in [0.5, 0.6) is 0 Å². The van der Waals surface area contributed by atoms with Gasteiger partial charge >= 0.3 is 0 Å². The van der Waals surface area contributed by atoms with Crippen LogP contribution in [0.1, 0.15) is 22.3 Å². The average Bonchev–Trinajstić information content (AvgIpc) is 2.91. The molecule has 1 atom stereocenters. The molecule has 2 aromatic rings. The van der Waals surface area contributed by atoms with Crippen LogP contribution in [-0.4, -0.2) is 24.0 Å². The van der Waals surface area contributed by atoms with Crippen molar-refractivity contribution < 1.29 is 4.79 Å². The second-order valence-corrected chi connectivity index (χ2v) is 5.35. The number of amides is 1. The molecular weight excluding hydrogens is 258 g/mol. The summed E-state index contributed by atoms with van der Waals surface area (Å²) in [5.41, 5.74) is 0.435. The minimum absolute atomic E-state index is 0.0891. The summed E-state index contributed by atoms with van der Waals surface area (Å²) < 4.78 is 0. The van der Waals surface area contributed by atoms with Crippen LogP contribution in [0.4, 0.5) is 5.82 Å². The van der Waals surface area contributed by atoms with E-state index in [1.165, 1.54) is 4.88 Å². The van der Waals surface area contributed by atoms with Crippen LogP contribution in [0.3, 0.4) is 0 Å². The van der Waals surface area contributed by atoms with Crippen molar-refractivity contribution in [2.75, 3.05) is 12.4 Å². The van der Waals surface area contributed by atoms with Gasteiger partial charge in [-0.05, 0) is 30.5 Å². The molecule has 5 heteroatoms. The van der Waals surface area contributed by atoms with E-state index in [0.29, 0.717) is 11.5 Å². The number of carbonyl (C=O) groups excluding carboxylic acids is 1. The third-order valence-corrected chi connectivity index (χ3v) is 3.60. The Morgan fingerprint density at radius 1 is 1.37 bits per heavy atom. The van der Waals surface area contributed by atoms with Crippen LogP contribution in [-0.2, 0) is 6.42 Å². The minimum Gasteiger partial charge on any atom is -0.373 e. The highest BCUT2D eigenvalue weighted by Crippen LogP contribution is 2.11. The smallest absolute Gasteiger partial charge is 0.270 e. The summed E-state index contributed by atoms with van der Waals surface area (Å²) in [5.74, 6) is 0.555. The van der Waals surface area contributed by atoms with Crippen molar-refractivity contribution >= 4 is 23.1 Å². The normalized spacial score (nSPS) is 11.9. The lowest BCUT2D eigenvalue weighted by Crippen LogP contribution is -2.34. The molecule has 0 aromatic carbocycles. The van der Waals surface area contributed by atoms with Gasteiger partial charge in [0.1, 0.15) is 11.5 Å². The lowest BCUT2D eigenvalue weighted by Gasteiger charge is -2.12. The van der Waals surface area contributed by atoms with Crippen molar-refractivity contribution in [3.8, 4) is 0 Å². The topological polar surface area (TPSA) is 54.0 Å². The first kappa shape index (κ1) is 13.5. The van der Waals surface area contributed by atoms with Crippen LogP contribution in [0, 0.1) is 0 Å². The summed E-state index contributed by atoms with van der Waals surface area (Å²) in [6.07, 6.45) is 0.842. The first-order valence-corrected chi connectivity index (χ1v) is 7.05. The third-order valence-electron chi connectivity index (χ3n) is 2.70. The second-order valence-electron chi connectivity index (χ2n) is 4.32. The van der Waals surface area contributed by atoms with Gasteiger partial charge in [-0.3, -0.25) is 4.79 Å². The van der Waals surface area contributed by atoms with Gasteiger partial charge in [0.2, 0.25) is 0 Å². The van der Waals surface area contributed by atoms with Gasteiger partial charge in [-0.2, -0.15) is 0 Å². The van der Waals surface area contributed by atoms with E-state index < -0.39 is 0 Å². The molecule has 0 aliphatic carbocycles. The molecule has 0 bridgehead atoms. The molecule has 4 nitrogen and oxygen atoms in total. The maximum absolute atomic E-state index is 12.1. The van der Waals surface area contributed by atoms with E-state index in [1.54, 1.807) is 24.5 Å². The molecule has 1 amide bonds. The average molecular weight is 275 g/mol. The number of hydrogen-bond donors (Lipinski definition) is 2. The number of carbonyl (C=O) groups is 1. The SMILES string of the molecule is CNc1cccc(C(=O)NC(C)Cc2cccs2)n1. The first-order valence-electron chi connectivity index (χ1n) is 6.17. The molecule has 0 fully saturated rings. The standard InChI is InChI=1S/C14H17N3OS/c1-10(9-11-5-4-8-19-11)16-14(18)12-6-3-7-13(15-2)17-12/h3-8,10H,9H2,1-2H3,(H,15,17)(H,16,18). The Labute approximate surface area is 116 Å². The molecule has 0 saturated carbocycles. The largest absolute Gasteiger partial charge is 0.373 e. The highest BCUT2D eigenvalue weighted by atomic mass is 32.1. The van der Waals surface area contributed by atoms with Crippen LogP contribution < -0.4 is 10.6 Å². The van der Waals surface area contributed by atoms with E-state index in [0.717, 1.165) is 6.42 Å². The zero-order valence-electron chi connectivity index (χ0n) is 11.0. The van der Waals surface area contributed by atoms with Gasteiger partial charge in [-0.15, -0.1) is 11.3 Å². The summed E-state index contributed by atoms with van der Waals surface area (Å²) in [6, 6.07) is 9.54. The molecule has 2 rings (SSSR count). The summed E-state index contributed by atoms with van der Waals surface area (Å²) in [7, 11) is 1.78. The van der Waals surface area contributed by atoms with E-state index in [4.69, 9.17) is 0 Å². The molecule has 100 valence electrons. The molecule has 1 unspecified atom stereocenters. The van der Waals surface area contributed by atoms with Crippen molar-refractivity contribution in [1.29, 1.82) is 0 Å². The molecule has 2 N–H and O–H groups in total. The van der Waals surface area contributed by atoms with Gasteiger partial charge < -0.3 is 10.6 Å². The van der Waals surface area contributed by atoms with E-state index >= 15 is 0 Å². The van der Waals surface area contributed by atoms with E-state index in [1.807, 2.05) is 30.5 Å². The molecule has 19 heavy (non-hydrogen) atoms. The summed E-state index contributed by atoms with van der Waals surface area (Å²) in [4.78, 5) is 17.5. The minimum atomic E-state index is -0.138. The quantitative estimate of drug-likeness (QED) is 0.881. The molecular formula is C14H17N3OS. The number of pyridine rings is 1. The first-order chi connectivity index (χ1) is 9.19. The van der Waals surface area contributed by atoms with Crippen LogP contribution in [0.15, 0.2) is 35.7 Å². The van der Waals surface area contributed by atoms with Crippen molar-refractivity contribution in [3.05, 3.63) is 46.3 Å². The Morgan fingerprint density at radius 3 is 2.89 bits per heavy atom. The summed E-state index contributed by atoms with van der Waals surface area (Å²) >= 11 is 1.70. The van der Waals surface area contributed by atoms with Gasteiger partial charge in [0.15, 0.2) is 0 Å². The Hall–Kier alpha value is -1.88. The Morgan fingerprint density at radius 2 is 2.21 bits per heavy atom. The molecule has 2 aromatic heterocycles. The second kappa shape index (κ2) is 6.33. The molecule has 0 radical (unpaired) electrons. The lowest BCUT2D eigenvalue weighted by atomic mass is 10.2. The number of hydrogen-bond acceptors (Lipinski definition) is 4. The van der Waals surface area contributed by atoms with Gasteiger partial charge in [0.05, 0.1) is 0 Å². The van der Waals surface area contributed by atoms with E-state index in [2.05, 4.69) is 21.7 Å². The number of aromatic nitrogens is 1. The monoisotopic (exact) mass is 275 g/mol. The maximum Gasteiger partial charge on any atom is 0.270 e. The van der Waals surface area contributed by atoms with Gasteiger partial charge in [0.25, 0.3) is 5.91 Å². The fourth-order valence-corrected chi connectivity index (χ4v) is 2.61. The molecule has 0 aliphatic rings. The number of thiophene rings is 1. The van der Waals surface area contributed by atoms with Crippen molar-refractivity contribution in [3.63, 3.8) is 0 Å². The summed E-state index contributed by atoms with van der Waals surface area (Å²) in [5, 5.41) is 7.93. The van der Waals surface area contributed by atoms with Crippen LogP contribution in [0.25, 0.3) is 0 Å². The molecule has 2 heterocycles. The van der Waals surface area contributed by atoms with Gasteiger partial charge in [-0.1, -0.05) is 12.1 Å². The Bertz CT molecular complexity index is 539. The molecule has 0 saturated heterocycles. The molecule has 0 spiro atoms. The maximum atomic E-state index is 12.1. The van der Waals surface area contributed by atoms with E-state index in [-0.39, 0.29) is 11.9 Å². The zero-order chi connectivity index (χ0) is 13.7. The Balaban J connectivity index is 1.96. The van der Waals surface area contributed by atoms with Gasteiger partial charge in [0, 0.05) is 24.4 Å². The number of rotatable bonds is 5. The highest BCUT2D eigenvalue weighted by Gasteiger charge is 2.12. The number of nitrogens with zero attached hydrogens (tertiary/aromatic N) is 1. The van der Waals surface area contributed by atoms with Crippen molar-refractivity contribution in [2.45, 2.75) is 19.4 Å². The van der Waals surface area contributed by atoms with E-state index in [9.17, 15) is 4.79 Å². The molecule has 0 aliphatic heterocycles. The number of anilines is 1. The predicted octanol–water partition coefficient (Wildman–Crippen LogP) is 2.55. The fourth-order valence-electron chi connectivity index (χ4n) is 1.78. The lowest BCUT2D eigenvalue weighted by molar-refractivity contribution is 0.0935. The number of nitrogens with one attached hydrogen (secondary N) is 2. The predicted molar refractivity (Wildman–Crippen MR) is 78.7 cm³/mol. The van der Waals surface area contributed by atoms with Crippen LogP contribution in [0.2, 0.25) is 0 Å². The van der Waals surface area contributed by atoms with Crippen molar-refractivity contribution in [1.82, 2.24) is 10.3 Å². The Kier molecular flexibility index (Phi) is 4.52. The highest BCUT2D eigenvalue weighted by molar-refractivity contribution is 7.09. The summed E-state index contributed by atoms with van der Waals surface area (Å²) in [6.45, 7) is 2.00. The third kappa shape index (κ3) is 3.79. The van der Waals surface area contributed by atoms with Gasteiger partial charge in [-0.25, -0.2) is 4.98 Å². The van der Waals surface area contributed by atoms with Crippen molar-refractivity contribution in [2.24, 2.45) is 0 Å².